The molecule has 16 heavy (non-hydrogen) atoms. The highest BCUT2D eigenvalue weighted by molar-refractivity contribution is 6.31. The molecule has 1 unspecified atom stereocenters. The summed E-state index contributed by atoms with van der Waals surface area (Å²) in [4.78, 5) is 11.9. The Morgan fingerprint density at radius 2 is 2.38 bits per heavy atom. The zero-order chi connectivity index (χ0) is 11.5. The summed E-state index contributed by atoms with van der Waals surface area (Å²) in [7, 11) is 0. The Bertz CT molecular complexity index is 402. The number of carbonyl (C=O) groups excluding carboxylic acids is 1. The quantitative estimate of drug-likeness (QED) is 0.825. The molecule has 1 fully saturated rings. The van der Waals surface area contributed by atoms with E-state index in [0.717, 1.165) is 19.5 Å². The standard InChI is InChI=1S/C12H13ClFNO/c13-10-6-9(1-2-11(10)14)12(16)5-8-3-4-15-7-8/h1-2,6,8,15H,3-5,7H2. The van der Waals surface area contributed by atoms with Crippen molar-refractivity contribution >= 4 is 17.4 Å². The SMILES string of the molecule is O=C(CC1CCNC1)c1ccc(F)c(Cl)c1. The number of Topliss-reactive ketones (excluding diaryl/α,β-unsaturated/α-hetero) is 1. The number of nitrogens with one attached hydrogen (secondary N) is 1. The summed E-state index contributed by atoms with van der Waals surface area (Å²) in [5.41, 5.74) is 0.498. The smallest absolute Gasteiger partial charge is 0.163 e. The van der Waals surface area contributed by atoms with Gasteiger partial charge in [0.05, 0.1) is 5.02 Å². The summed E-state index contributed by atoms with van der Waals surface area (Å²) in [6.07, 6.45) is 1.54. The fraction of sp³-hybridized carbons (Fsp3) is 0.417. The summed E-state index contributed by atoms with van der Waals surface area (Å²) in [5.74, 6) is -0.0484. The van der Waals surface area contributed by atoms with E-state index in [2.05, 4.69) is 5.32 Å². The van der Waals surface area contributed by atoms with Crippen LogP contribution in [0.4, 0.5) is 4.39 Å². The van der Waals surface area contributed by atoms with Gasteiger partial charge in [0.25, 0.3) is 0 Å². The number of hydrogen-bond acceptors (Lipinski definition) is 2. The summed E-state index contributed by atoms with van der Waals surface area (Å²) in [5, 5.41) is 3.22. The van der Waals surface area contributed by atoms with Crippen LogP contribution in [0, 0.1) is 11.7 Å². The molecule has 1 aromatic rings. The van der Waals surface area contributed by atoms with Gasteiger partial charge in [-0.15, -0.1) is 0 Å². The molecule has 86 valence electrons. The lowest BCUT2D eigenvalue weighted by molar-refractivity contribution is 0.0964. The van der Waals surface area contributed by atoms with Gasteiger partial charge >= 0.3 is 0 Å². The molecule has 1 N–H and O–H groups in total. The van der Waals surface area contributed by atoms with Crippen molar-refractivity contribution in [3.8, 4) is 0 Å². The molecule has 0 saturated carbocycles. The average molecular weight is 242 g/mol. The van der Waals surface area contributed by atoms with E-state index in [1.807, 2.05) is 0 Å². The van der Waals surface area contributed by atoms with Gasteiger partial charge in [0.1, 0.15) is 5.82 Å². The van der Waals surface area contributed by atoms with Crippen LogP contribution in [0.3, 0.4) is 0 Å². The van der Waals surface area contributed by atoms with Crippen LogP contribution in [0.25, 0.3) is 0 Å². The van der Waals surface area contributed by atoms with Gasteiger partial charge in [0.2, 0.25) is 0 Å². The minimum absolute atomic E-state index is 0.00963. The number of carbonyl (C=O) groups is 1. The molecule has 2 rings (SSSR count). The Balaban J connectivity index is 2.05. The molecule has 4 heteroatoms. The van der Waals surface area contributed by atoms with Crippen molar-refractivity contribution < 1.29 is 9.18 Å². The Morgan fingerprint density at radius 1 is 1.56 bits per heavy atom. The lowest BCUT2D eigenvalue weighted by atomic mass is 9.98. The molecular formula is C12H13ClFNO. The molecule has 0 bridgehead atoms. The van der Waals surface area contributed by atoms with Gasteiger partial charge in [-0.25, -0.2) is 4.39 Å². The van der Waals surface area contributed by atoms with E-state index in [4.69, 9.17) is 11.6 Å². The molecular weight excluding hydrogens is 229 g/mol. The van der Waals surface area contributed by atoms with Gasteiger partial charge < -0.3 is 5.32 Å². The van der Waals surface area contributed by atoms with E-state index in [9.17, 15) is 9.18 Å². The minimum atomic E-state index is -0.485. The first kappa shape index (κ1) is 11.6. The van der Waals surface area contributed by atoms with Crippen LogP contribution in [0.2, 0.25) is 5.02 Å². The van der Waals surface area contributed by atoms with Crippen LogP contribution in [-0.4, -0.2) is 18.9 Å². The van der Waals surface area contributed by atoms with Gasteiger partial charge in [-0.05, 0) is 43.6 Å². The number of halogens is 2. The molecule has 1 saturated heterocycles. The first-order valence-corrected chi connectivity index (χ1v) is 5.73. The first-order valence-electron chi connectivity index (χ1n) is 5.36. The number of rotatable bonds is 3. The number of hydrogen-bond donors (Lipinski definition) is 1. The van der Waals surface area contributed by atoms with Gasteiger partial charge in [-0.1, -0.05) is 11.6 Å². The highest BCUT2D eigenvalue weighted by Gasteiger charge is 2.19. The van der Waals surface area contributed by atoms with E-state index in [-0.39, 0.29) is 10.8 Å². The van der Waals surface area contributed by atoms with Crippen LogP contribution in [-0.2, 0) is 0 Å². The third-order valence-electron chi connectivity index (χ3n) is 2.88. The van der Waals surface area contributed by atoms with Crippen molar-refractivity contribution in [2.75, 3.05) is 13.1 Å². The second-order valence-corrected chi connectivity index (χ2v) is 4.52. The Kier molecular flexibility index (Phi) is 3.56. The second-order valence-electron chi connectivity index (χ2n) is 4.12. The second kappa shape index (κ2) is 4.93. The Hall–Kier alpha value is -0.930. The van der Waals surface area contributed by atoms with Crippen molar-refractivity contribution in [1.82, 2.24) is 5.32 Å². The predicted octanol–water partition coefficient (Wildman–Crippen LogP) is 2.66. The van der Waals surface area contributed by atoms with Crippen LogP contribution in [0.1, 0.15) is 23.2 Å². The van der Waals surface area contributed by atoms with E-state index in [1.54, 1.807) is 0 Å². The van der Waals surface area contributed by atoms with Gasteiger partial charge in [-0.2, -0.15) is 0 Å². The van der Waals surface area contributed by atoms with Gasteiger partial charge in [0, 0.05) is 12.0 Å². The third kappa shape index (κ3) is 2.60. The molecule has 0 aromatic heterocycles. The molecule has 0 spiro atoms. The van der Waals surface area contributed by atoms with Crippen molar-refractivity contribution in [3.63, 3.8) is 0 Å². The highest BCUT2D eigenvalue weighted by atomic mass is 35.5. The molecule has 0 radical (unpaired) electrons. The van der Waals surface area contributed by atoms with Crippen LogP contribution >= 0.6 is 11.6 Å². The third-order valence-corrected chi connectivity index (χ3v) is 3.17. The zero-order valence-corrected chi connectivity index (χ0v) is 9.56. The van der Waals surface area contributed by atoms with Crippen LogP contribution < -0.4 is 5.32 Å². The Morgan fingerprint density at radius 3 is 3.00 bits per heavy atom. The van der Waals surface area contributed by atoms with Gasteiger partial charge in [0.15, 0.2) is 5.78 Å². The van der Waals surface area contributed by atoms with Crippen molar-refractivity contribution in [2.24, 2.45) is 5.92 Å². The molecule has 1 atom stereocenters. The normalized spacial score (nSPS) is 20.0. The maximum absolute atomic E-state index is 12.9. The summed E-state index contributed by atoms with van der Waals surface area (Å²) < 4.78 is 12.9. The highest BCUT2D eigenvalue weighted by Crippen LogP contribution is 2.20. The van der Waals surface area contributed by atoms with Crippen molar-refractivity contribution in [1.29, 1.82) is 0 Å². The van der Waals surface area contributed by atoms with E-state index in [1.165, 1.54) is 18.2 Å². The van der Waals surface area contributed by atoms with Crippen LogP contribution in [0.15, 0.2) is 18.2 Å². The van der Waals surface area contributed by atoms with E-state index < -0.39 is 5.82 Å². The fourth-order valence-corrected chi connectivity index (χ4v) is 2.12. The Labute approximate surface area is 98.8 Å². The number of ketones is 1. The maximum atomic E-state index is 12.9. The zero-order valence-electron chi connectivity index (χ0n) is 8.80. The topological polar surface area (TPSA) is 29.1 Å². The lowest BCUT2D eigenvalue weighted by Gasteiger charge is -2.07. The average Bonchev–Trinajstić information content (AvgIpc) is 2.74. The predicted molar refractivity (Wildman–Crippen MR) is 61.3 cm³/mol. The monoisotopic (exact) mass is 241 g/mol. The van der Waals surface area contributed by atoms with Crippen molar-refractivity contribution in [2.45, 2.75) is 12.8 Å². The summed E-state index contributed by atoms with van der Waals surface area (Å²) >= 11 is 5.63. The molecule has 1 heterocycles. The molecule has 1 aliphatic rings. The lowest BCUT2D eigenvalue weighted by Crippen LogP contribution is -2.12. The fourth-order valence-electron chi connectivity index (χ4n) is 1.94. The summed E-state index contributed by atoms with van der Waals surface area (Å²) in [6, 6.07) is 4.13. The maximum Gasteiger partial charge on any atom is 0.163 e. The molecule has 1 aliphatic heterocycles. The van der Waals surface area contributed by atoms with E-state index in [0.29, 0.717) is 17.9 Å². The van der Waals surface area contributed by atoms with Gasteiger partial charge in [-0.3, -0.25) is 4.79 Å². The van der Waals surface area contributed by atoms with E-state index >= 15 is 0 Å². The number of benzene rings is 1. The largest absolute Gasteiger partial charge is 0.316 e. The first-order chi connectivity index (χ1) is 7.66. The summed E-state index contributed by atoms with van der Waals surface area (Å²) in [6.45, 7) is 1.86. The minimum Gasteiger partial charge on any atom is -0.316 e. The molecule has 0 aliphatic carbocycles. The molecule has 2 nitrogen and oxygen atoms in total. The molecule has 1 aromatic carbocycles. The molecule has 0 amide bonds. The van der Waals surface area contributed by atoms with Crippen LogP contribution in [0.5, 0.6) is 0 Å². The van der Waals surface area contributed by atoms with Crippen molar-refractivity contribution in [3.05, 3.63) is 34.6 Å².